The molecule has 2 unspecified atom stereocenters. The molecule has 0 amide bonds. The Balaban J connectivity index is 1.80. The van der Waals surface area contributed by atoms with E-state index in [9.17, 15) is 0 Å². The molecule has 1 aliphatic rings. The summed E-state index contributed by atoms with van der Waals surface area (Å²) in [4.78, 5) is 0. The van der Waals surface area contributed by atoms with E-state index >= 15 is 0 Å². The summed E-state index contributed by atoms with van der Waals surface area (Å²) < 4.78 is 7.51. The van der Waals surface area contributed by atoms with Gasteiger partial charge in [0.25, 0.3) is 0 Å². The Morgan fingerprint density at radius 2 is 2.30 bits per heavy atom. The minimum Gasteiger partial charge on any atom is -0.493 e. The largest absolute Gasteiger partial charge is 0.493 e. The molecule has 2 heterocycles. The predicted octanol–water partition coefficient (Wildman–Crippen LogP) is 1.88. The zero-order valence-corrected chi connectivity index (χ0v) is 11.6. The highest BCUT2D eigenvalue weighted by Crippen LogP contribution is 2.38. The normalized spacial score (nSPS) is 19.2. The van der Waals surface area contributed by atoms with E-state index in [1.165, 1.54) is 5.56 Å². The molecule has 1 aliphatic heterocycles. The van der Waals surface area contributed by atoms with Crippen LogP contribution in [0.15, 0.2) is 36.5 Å². The first kappa shape index (κ1) is 13.1. The zero-order chi connectivity index (χ0) is 13.9. The maximum atomic E-state index is 5.72. The van der Waals surface area contributed by atoms with Crippen LogP contribution in [0.5, 0.6) is 5.75 Å². The number of benzene rings is 1. The van der Waals surface area contributed by atoms with Gasteiger partial charge in [-0.2, -0.15) is 5.10 Å². The number of nitrogens with two attached hydrogens (primary N) is 1. The number of ether oxygens (including phenoxy) is 1. The molecule has 0 aliphatic carbocycles. The summed E-state index contributed by atoms with van der Waals surface area (Å²) in [7, 11) is 1.92. The molecule has 1 aromatic heterocycles. The molecular weight excluding hydrogens is 252 g/mol. The Morgan fingerprint density at radius 1 is 1.45 bits per heavy atom. The van der Waals surface area contributed by atoms with Crippen molar-refractivity contribution < 1.29 is 4.74 Å². The van der Waals surface area contributed by atoms with Gasteiger partial charge in [-0.05, 0) is 36.5 Å². The smallest absolute Gasteiger partial charge is 0.122 e. The fourth-order valence-electron chi connectivity index (χ4n) is 2.84. The first-order valence-corrected chi connectivity index (χ1v) is 6.95. The monoisotopic (exact) mass is 272 g/mol. The molecule has 5 nitrogen and oxygen atoms in total. The van der Waals surface area contributed by atoms with Crippen molar-refractivity contribution in [3.8, 4) is 5.75 Å². The lowest BCUT2D eigenvalue weighted by Crippen LogP contribution is -2.30. The topological polar surface area (TPSA) is 65.1 Å². The fraction of sp³-hybridized carbons (Fsp3) is 0.400. The lowest BCUT2D eigenvalue weighted by Gasteiger charge is -2.28. The summed E-state index contributed by atoms with van der Waals surface area (Å²) >= 11 is 0. The van der Waals surface area contributed by atoms with Crippen LogP contribution in [0.1, 0.15) is 36.1 Å². The highest BCUT2D eigenvalue weighted by Gasteiger charge is 2.25. The average Bonchev–Trinajstić information content (AvgIpc) is 2.91. The van der Waals surface area contributed by atoms with Gasteiger partial charge in [0.15, 0.2) is 0 Å². The molecule has 0 fully saturated rings. The zero-order valence-electron chi connectivity index (χ0n) is 11.6. The molecule has 0 bridgehead atoms. The van der Waals surface area contributed by atoms with E-state index < -0.39 is 0 Å². The van der Waals surface area contributed by atoms with E-state index in [1.807, 2.05) is 31.4 Å². The number of hydrogen-bond acceptors (Lipinski definition) is 4. The first-order valence-electron chi connectivity index (χ1n) is 6.95. The second kappa shape index (κ2) is 5.64. The van der Waals surface area contributed by atoms with Crippen molar-refractivity contribution in [3.05, 3.63) is 47.8 Å². The van der Waals surface area contributed by atoms with Crippen LogP contribution < -0.4 is 16.0 Å². The Morgan fingerprint density at radius 3 is 3.05 bits per heavy atom. The van der Waals surface area contributed by atoms with Crippen LogP contribution in [0.25, 0.3) is 0 Å². The molecule has 3 N–H and O–H groups in total. The minimum atomic E-state index is 0.0624. The number of nitrogens with zero attached hydrogens (tertiary/aromatic N) is 2. The standard InChI is InChI=1S/C15H20N4O/c1-19-8-6-13(18-19)14(17-16)10-11-7-9-20-15-5-3-2-4-12(11)15/h2-6,8,11,14,17H,7,9-10,16H2,1H3. The first-order chi connectivity index (χ1) is 9.78. The van der Waals surface area contributed by atoms with Gasteiger partial charge in [-0.15, -0.1) is 0 Å². The Labute approximate surface area is 118 Å². The third kappa shape index (κ3) is 2.55. The molecule has 0 spiro atoms. The molecule has 2 atom stereocenters. The van der Waals surface area contributed by atoms with E-state index in [0.29, 0.717) is 5.92 Å². The number of rotatable bonds is 4. The van der Waals surface area contributed by atoms with Crippen molar-refractivity contribution >= 4 is 0 Å². The van der Waals surface area contributed by atoms with Crippen LogP contribution in [-0.2, 0) is 7.05 Å². The Kier molecular flexibility index (Phi) is 3.71. The second-order valence-electron chi connectivity index (χ2n) is 5.24. The lowest BCUT2D eigenvalue weighted by atomic mass is 9.87. The number of para-hydroxylation sites is 1. The summed E-state index contributed by atoms with van der Waals surface area (Å²) in [6.45, 7) is 0.765. The van der Waals surface area contributed by atoms with Crippen LogP contribution in [0.2, 0.25) is 0 Å². The Hall–Kier alpha value is -1.85. The average molecular weight is 272 g/mol. The third-order valence-corrected chi connectivity index (χ3v) is 3.90. The maximum Gasteiger partial charge on any atom is 0.122 e. The molecule has 106 valence electrons. The molecule has 3 rings (SSSR count). The van der Waals surface area contributed by atoms with Gasteiger partial charge in [-0.25, -0.2) is 0 Å². The van der Waals surface area contributed by atoms with Gasteiger partial charge >= 0.3 is 0 Å². The van der Waals surface area contributed by atoms with Crippen molar-refractivity contribution in [1.29, 1.82) is 0 Å². The molecule has 0 saturated heterocycles. The minimum absolute atomic E-state index is 0.0624. The van der Waals surface area contributed by atoms with Gasteiger partial charge in [-0.3, -0.25) is 16.0 Å². The molecule has 1 aromatic carbocycles. The van der Waals surface area contributed by atoms with Gasteiger partial charge in [0.2, 0.25) is 0 Å². The third-order valence-electron chi connectivity index (χ3n) is 3.90. The molecule has 20 heavy (non-hydrogen) atoms. The molecule has 2 aromatic rings. The number of hydrogen-bond donors (Lipinski definition) is 2. The number of aromatic nitrogens is 2. The van der Waals surface area contributed by atoms with Gasteiger partial charge in [0, 0.05) is 13.2 Å². The van der Waals surface area contributed by atoms with Gasteiger partial charge < -0.3 is 4.74 Å². The van der Waals surface area contributed by atoms with E-state index in [1.54, 1.807) is 4.68 Å². The van der Waals surface area contributed by atoms with Gasteiger partial charge in [0.05, 0.1) is 18.3 Å². The van der Waals surface area contributed by atoms with Crippen LogP contribution in [0, 0.1) is 0 Å². The Bertz CT molecular complexity index is 581. The van der Waals surface area contributed by atoms with Crippen molar-refractivity contribution in [2.24, 2.45) is 12.9 Å². The summed E-state index contributed by atoms with van der Waals surface area (Å²) in [6.07, 6.45) is 3.88. The summed E-state index contributed by atoms with van der Waals surface area (Å²) in [5.74, 6) is 7.17. The SMILES string of the molecule is Cn1ccc(C(CC2CCOc3ccccc32)NN)n1. The summed E-state index contributed by atoms with van der Waals surface area (Å²) in [5.41, 5.74) is 5.15. The van der Waals surface area contributed by atoms with E-state index in [-0.39, 0.29) is 6.04 Å². The van der Waals surface area contributed by atoms with Gasteiger partial charge in [-0.1, -0.05) is 18.2 Å². The van der Waals surface area contributed by atoms with Crippen molar-refractivity contribution in [2.45, 2.75) is 24.8 Å². The van der Waals surface area contributed by atoms with E-state index in [2.05, 4.69) is 22.7 Å². The van der Waals surface area contributed by atoms with Crippen LogP contribution in [0.3, 0.4) is 0 Å². The molecule has 0 radical (unpaired) electrons. The molecule has 5 heteroatoms. The maximum absolute atomic E-state index is 5.72. The van der Waals surface area contributed by atoms with E-state index in [0.717, 1.165) is 30.9 Å². The van der Waals surface area contributed by atoms with E-state index in [4.69, 9.17) is 10.6 Å². The number of nitrogens with one attached hydrogen (secondary N) is 1. The molecular formula is C15H20N4O. The highest BCUT2D eigenvalue weighted by molar-refractivity contribution is 5.38. The number of aryl methyl sites for hydroxylation is 1. The van der Waals surface area contributed by atoms with Crippen LogP contribution in [0.4, 0.5) is 0 Å². The van der Waals surface area contributed by atoms with Gasteiger partial charge in [0.1, 0.15) is 5.75 Å². The summed E-state index contributed by atoms with van der Waals surface area (Å²) in [5, 5.41) is 4.45. The highest BCUT2D eigenvalue weighted by atomic mass is 16.5. The second-order valence-corrected chi connectivity index (χ2v) is 5.24. The number of fused-ring (bicyclic) bond motifs is 1. The predicted molar refractivity (Wildman–Crippen MR) is 77.2 cm³/mol. The lowest BCUT2D eigenvalue weighted by molar-refractivity contribution is 0.254. The summed E-state index contributed by atoms with van der Waals surface area (Å²) in [6, 6.07) is 10.3. The van der Waals surface area contributed by atoms with Crippen molar-refractivity contribution in [2.75, 3.05) is 6.61 Å². The quantitative estimate of drug-likeness (QED) is 0.659. The van der Waals surface area contributed by atoms with Crippen molar-refractivity contribution in [1.82, 2.24) is 15.2 Å². The van der Waals surface area contributed by atoms with Crippen molar-refractivity contribution in [3.63, 3.8) is 0 Å². The van der Waals surface area contributed by atoms with Crippen LogP contribution >= 0.6 is 0 Å². The number of hydrazine groups is 1. The van der Waals surface area contributed by atoms with Crippen LogP contribution in [-0.4, -0.2) is 16.4 Å². The fourth-order valence-corrected chi connectivity index (χ4v) is 2.84. The molecule has 0 saturated carbocycles.